The smallest absolute Gasteiger partial charge is 0.258 e. The maximum atomic E-state index is 13.7. The van der Waals surface area contributed by atoms with Crippen molar-refractivity contribution in [1.29, 1.82) is 0 Å². The van der Waals surface area contributed by atoms with Gasteiger partial charge in [-0.3, -0.25) is 9.69 Å². The molecule has 3 aromatic rings. The molecule has 3 aliphatic rings. The lowest BCUT2D eigenvalue weighted by Gasteiger charge is -2.43. The van der Waals surface area contributed by atoms with Crippen molar-refractivity contribution in [2.24, 2.45) is 5.41 Å². The first kappa shape index (κ1) is 27.0. The molecule has 0 atom stereocenters. The number of nitrogens with zero attached hydrogens (tertiary/aromatic N) is 5. The Kier molecular flexibility index (Phi) is 8.20. The van der Waals surface area contributed by atoms with E-state index < -0.39 is 0 Å². The molecule has 0 radical (unpaired) electrons. The molecule has 214 valence electrons. The van der Waals surface area contributed by atoms with Gasteiger partial charge in [0.25, 0.3) is 5.91 Å². The Hall–Kier alpha value is -3.17. The van der Waals surface area contributed by atoms with Crippen molar-refractivity contribution >= 4 is 5.91 Å². The molecule has 1 saturated carbocycles. The van der Waals surface area contributed by atoms with Crippen molar-refractivity contribution < 1.29 is 9.53 Å². The van der Waals surface area contributed by atoms with E-state index in [0.29, 0.717) is 29.8 Å². The highest BCUT2D eigenvalue weighted by Gasteiger charge is 2.41. The van der Waals surface area contributed by atoms with Crippen molar-refractivity contribution in [2.45, 2.75) is 77.0 Å². The number of rotatable bonds is 9. The highest BCUT2D eigenvalue weighted by atomic mass is 16.5. The lowest BCUT2D eigenvalue weighted by Crippen LogP contribution is -2.46. The highest BCUT2D eigenvalue weighted by Crippen LogP contribution is 2.42. The topological polar surface area (TPSA) is 93.4 Å². The number of piperidine rings is 1. The van der Waals surface area contributed by atoms with E-state index in [0.717, 1.165) is 30.8 Å². The van der Waals surface area contributed by atoms with Gasteiger partial charge in [0.15, 0.2) is 0 Å². The van der Waals surface area contributed by atoms with Gasteiger partial charge >= 0.3 is 0 Å². The quantitative estimate of drug-likeness (QED) is 0.408. The van der Waals surface area contributed by atoms with E-state index in [1.54, 1.807) is 36.8 Å². The summed E-state index contributed by atoms with van der Waals surface area (Å²) < 4.78 is 5.75. The molecule has 1 aliphatic carbocycles. The molecule has 9 nitrogen and oxygen atoms in total. The summed E-state index contributed by atoms with van der Waals surface area (Å²) in [6.45, 7) is 6.46. The first-order valence-corrected chi connectivity index (χ1v) is 15.0. The summed E-state index contributed by atoms with van der Waals surface area (Å²) in [6.07, 6.45) is 18.0. The molecule has 2 aliphatic heterocycles. The molecular weight excluding hydrogens is 502 g/mol. The van der Waals surface area contributed by atoms with Crippen LogP contribution < -0.4 is 4.74 Å². The normalized spacial score (nSPS) is 20.2. The largest absolute Gasteiger partial charge is 0.496 e. The molecule has 6 rings (SSSR count). The lowest BCUT2D eigenvalue weighted by molar-refractivity contribution is 0.0615. The van der Waals surface area contributed by atoms with Crippen LogP contribution in [-0.2, 0) is 19.6 Å². The number of aromatic amines is 2. The second-order valence-corrected chi connectivity index (χ2v) is 12.1. The molecule has 0 unspecified atom stereocenters. The second kappa shape index (κ2) is 12.1. The number of hydrogen-bond acceptors (Lipinski definition) is 6. The Morgan fingerprint density at radius 2 is 1.68 bits per heavy atom. The number of hydrogen-bond donors (Lipinski definition) is 2. The third-order valence-corrected chi connectivity index (χ3v) is 9.45. The van der Waals surface area contributed by atoms with E-state index in [1.165, 1.54) is 76.6 Å². The Morgan fingerprint density at radius 3 is 2.30 bits per heavy atom. The van der Waals surface area contributed by atoms with Crippen LogP contribution in [0.4, 0.5) is 0 Å². The summed E-state index contributed by atoms with van der Waals surface area (Å²) in [4.78, 5) is 35.7. The third-order valence-electron chi connectivity index (χ3n) is 9.45. The standard InChI is InChI=1S/C31H43N7O2/c1-40-27-19-24(20-36-16-9-31(23-36)10-17-37(18-11-31)25-5-3-2-4-6-25)7-8-26(27)30(39)38(21-28-32-12-13-33-28)22-29-34-14-15-35-29/h7-8,12-15,19,25H,2-6,9-11,16-18,20-23H2,1H3,(H,32,33)(H,34,35). The van der Waals surface area contributed by atoms with E-state index in [4.69, 9.17) is 4.74 Å². The van der Waals surface area contributed by atoms with Crippen molar-refractivity contribution in [2.75, 3.05) is 33.3 Å². The predicted molar refractivity (Wildman–Crippen MR) is 154 cm³/mol. The zero-order valence-corrected chi connectivity index (χ0v) is 23.8. The van der Waals surface area contributed by atoms with Crippen LogP contribution in [0.3, 0.4) is 0 Å². The number of aromatic nitrogens is 4. The maximum Gasteiger partial charge on any atom is 0.258 e. The van der Waals surface area contributed by atoms with Crippen molar-refractivity contribution in [1.82, 2.24) is 34.6 Å². The van der Waals surface area contributed by atoms with Gasteiger partial charge in [0.05, 0.1) is 25.8 Å². The molecule has 2 aromatic heterocycles. The molecule has 1 spiro atoms. The van der Waals surface area contributed by atoms with Crippen LogP contribution in [0.25, 0.3) is 0 Å². The van der Waals surface area contributed by atoms with E-state index >= 15 is 0 Å². The van der Waals surface area contributed by atoms with Crippen LogP contribution in [0, 0.1) is 5.41 Å². The summed E-state index contributed by atoms with van der Waals surface area (Å²) in [5.74, 6) is 1.95. The van der Waals surface area contributed by atoms with Crippen LogP contribution in [0.1, 0.15) is 78.9 Å². The van der Waals surface area contributed by atoms with Gasteiger partial charge in [-0.1, -0.05) is 25.3 Å². The Morgan fingerprint density at radius 1 is 1.00 bits per heavy atom. The molecule has 9 heteroatoms. The minimum absolute atomic E-state index is 0.110. The average molecular weight is 546 g/mol. The number of ether oxygens (including phenoxy) is 1. The number of carbonyl (C=O) groups excluding carboxylic acids is 1. The minimum atomic E-state index is -0.110. The summed E-state index contributed by atoms with van der Waals surface area (Å²) in [6, 6.07) is 6.89. The average Bonchev–Trinajstić information content (AvgIpc) is 3.77. The fourth-order valence-corrected chi connectivity index (χ4v) is 7.15. The van der Waals surface area contributed by atoms with Crippen LogP contribution in [0.15, 0.2) is 43.0 Å². The number of amides is 1. The number of carbonyl (C=O) groups is 1. The van der Waals surface area contributed by atoms with Gasteiger partial charge in [-0.2, -0.15) is 0 Å². The van der Waals surface area contributed by atoms with E-state index in [-0.39, 0.29) is 5.91 Å². The van der Waals surface area contributed by atoms with Crippen LogP contribution >= 0.6 is 0 Å². The SMILES string of the molecule is COc1cc(CN2CCC3(CCN(C4CCCCC4)CC3)C2)ccc1C(=O)N(Cc1ncc[nH]1)Cc1ncc[nH]1. The van der Waals surface area contributed by atoms with Gasteiger partial charge in [-0.05, 0) is 74.8 Å². The minimum Gasteiger partial charge on any atom is -0.496 e. The Bertz CT molecular complexity index is 1190. The van der Waals surface area contributed by atoms with Gasteiger partial charge in [0.1, 0.15) is 17.4 Å². The molecule has 2 N–H and O–H groups in total. The van der Waals surface area contributed by atoms with Crippen LogP contribution in [0.5, 0.6) is 5.75 Å². The summed E-state index contributed by atoms with van der Waals surface area (Å²) in [7, 11) is 1.64. The Labute approximate surface area is 237 Å². The van der Waals surface area contributed by atoms with Gasteiger partial charge in [-0.25, -0.2) is 9.97 Å². The molecule has 2 saturated heterocycles. The number of likely N-dealkylation sites (tertiary alicyclic amines) is 2. The number of methoxy groups -OCH3 is 1. The van der Waals surface area contributed by atoms with Crippen molar-refractivity contribution in [3.8, 4) is 5.75 Å². The molecule has 0 bridgehead atoms. The summed E-state index contributed by atoms with van der Waals surface area (Å²) in [5.41, 5.74) is 2.22. The first-order valence-electron chi connectivity index (χ1n) is 15.0. The molecule has 1 amide bonds. The van der Waals surface area contributed by atoms with Crippen LogP contribution in [0.2, 0.25) is 0 Å². The maximum absolute atomic E-state index is 13.7. The molecular formula is C31H43N7O2. The number of nitrogens with one attached hydrogen (secondary N) is 2. The zero-order chi connectivity index (χ0) is 27.4. The van der Waals surface area contributed by atoms with E-state index in [2.05, 4.69) is 35.8 Å². The van der Waals surface area contributed by atoms with Gasteiger partial charge < -0.3 is 24.5 Å². The third kappa shape index (κ3) is 6.10. The molecule has 3 fully saturated rings. The molecule has 1 aromatic carbocycles. The van der Waals surface area contributed by atoms with E-state index in [1.807, 2.05) is 12.1 Å². The van der Waals surface area contributed by atoms with E-state index in [9.17, 15) is 4.79 Å². The van der Waals surface area contributed by atoms with Crippen molar-refractivity contribution in [3.05, 3.63) is 65.8 Å². The number of H-pyrrole nitrogens is 2. The van der Waals surface area contributed by atoms with Gasteiger partial charge in [-0.15, -0.1) is 0 Å². The molecule has 40 heavy (non-hydrogen) atoms. The highest BCUT2D eigenvalue weighted by molar-refractivity contribution is 5.97. The summed E-state index contributed by atoms with van der Waals surface area (Å²) in [5, 5.41) is 0. The number of benzene rings is 1. The van der Waals surface area contributed by atoms with Crippen LogP contribution in [-0.4, -0.2) is 79.9 Å². The fourth-order valence-electron chi connectivity index (χ4n) is 7.15. The monoisotopic (exact) mass is 545 g/mol. The lowest BCUT2D eigenvalue weighted by atomic mass is 9.77. The second-order valence-electron chi connectivity index (χ2n) is 12.1. The fraction of sp³-hybridized carbons (Fsp3) is 0.581. The predicted octanol–water partition coefficient (Wildman–Crippen LogP) is 4.60. The summed E-state index contributed by atoms with van der Waals surface area (Å²) >= 11 is 0. The van der Waals surface area contributed by atoms with Crippen molar-refractivity contribution in [3.63, 3.8) is 0 Å². The Balaban J connectivity index is 1.09. The molecule has 4 heterocycles. The van der Waals surface area contributed by atoms with Gasteiger partial charge in [0.2, 0.25) is 0 Å². The first-order chi connectivity index (χ1) is 19.6. The number of imidazole rings is 2. The zero-order valence-electron chi connectivity index (χ0n) is 23.8. The van der Waals surface area contributed by atoms with Gasteiger partial charge in [0, 0.05) is 43.9 Å².